The largest absolute Gasteiger partial charge is 0.477 e. The van der Waals surface area contributed by atoms with Gasteiger partial charge >= 0.3 is 5.97 Å². The Labute approximate surface area is 101 Å². The van der Waals surface area contributed by atoms with Crippen LogP contribution in [-0.4, -0.2) is 22.0 Å². The summed E-state index contributed by atoms with van der Waals surface area (Å²) in [5.74, 6) is -1.36. The Morgan fingerprint density at radius 1 is 1.24 bits per heavy atom. The fourth-order valence-electron chi connectivity index (χ4n) is 1.19. The molecule has 2 heterocycles. The van der Waals surface area contributed by atoms with Crippen LogP contribution in [0.2, 0.25) is 0 Å². The molecule has 0 aliphatic heterocycles. The predicted octanol–water partition coefficient (Wildman–Crippen LogP) is 2.09. The van der Waals surface area contributed by atoms with Gasteiger partial charge in [-0.05, 0) is 24.3 Å². The summed E-state index contributed by atoms with van der Waals surface area (Å²) in [6.45, 7) is 0. The number of carbonyl (C=O) groups excluding carboxylic acids is 1. The first-order valence-electron chi connectivity index (χ1n) is 4.72. The van der Waals surface area contributed by atoms with Gasteiger partial charge in [-0.2, -0.15) is 0 Å². The monoisotopic (exact) mass is 248 g/mol. The van der Waals surface area contributed by atoms with Gasteiger partial charge in [0.05, 0.1) is 5.00 Å². The van der Waals surface area contributed by atoms with Crippen molar-refractivity contribution in [2.75, 3.05) is 5.32 Å². The Morgan fingerprint density at radius 2 is 2.06 bits per heavy atom. The number of thiophene rings is 1. The number of amides is 1. The summed E-state index contributed by atoms with van der Waals surface area (Å²) in [7, 11) is 0. The van der Waals surface area contributed by atoms with Crippen LogP contribution in [0, 0.1) is 0 Å². The van der Waals surface area contributed by atoms with E-state index in [4.69, 9.17) is 5.11 Å². The standard InChI is InChI=1S/C11H8N2O3S/c14-10(7-3-1-2-6-12-7)13-9-5-4-8(17-9)11(15)16/h1-6H,(H,13,14)(H,15,16). The number of nitrogens with one attached hydrogen (secondary N) is 1. The highest BCUT2D eigenvalue weighted by atomic mass is 32.1. The Bertz CT molecular complexity index is 551. The molecule has 2 aromatic rings. The van der Waals surface area contributed by atoms with Crippen LogP contribution in [0.1, 0.15) is 20.2 Å². The second kappa shape index (κ2) is 4.75. The number of carboxylic acid groups (broad SMARTS) is 1. The highest BCUT2D eigenvalue weighted by Crippen LogP contribution is 2.22. The molecular formula is C11H8N2O3S. The quantitative estimate of drug-likeness (QED) is 0.871. The Kier molecular flexibility index (Phi) is 3.15. The van der Waals surface area contributed by atoms with Gasteiger partial charge in [0.2, 0.25) is 0 Å². The molecule has 5 nitrogen and oxygen atoms in total. The highest BCUT2D eigenvalue weighted by Gasteiger charge is 2.10. The molecule has 0 unspecified atom stereocenters. The smallest absolute Gasteiger partial charge is 0.345 e. The number of carbonyl (C=O) groups is 2. The SMILES string of the molecule is O=C(Nc1ccc(C(=O)O)s1)c1ccccn1. The first-order valence-corrected chi connectivity index (χ1v) is 5.54. The van der Waals surface area contributed by atoms with E-state index in [2.05, 4.69) is 10.3 Å². The van der Waals surface area contributed by atoms with Crippen molar-refractivity contribution in [1.29, 1.82) is 0 Å². The van der Waals surface area contributed by atoms with Gasteiger partial charge in [-0.15, -0.1) is 11.3 Å². The topological polar surface area (TPSA) is 79.3 Å². The summed E-state index contributed by atoms with van der Waals surface area (Å²) in [5, 5.41) is 11.8. The van der Waals surface area contributed by atoms with E-state index >= 15 is 0 Å². The normalized spacial score (nSPS) is 9.88. The van der Waals surface area contributed by atoms with Gasteiger partial charge in [0, 0.05) is 6.20 Å². The summed E-state index contributed by atoms with van der Waals surface area (Å²) in [6, 6.07) is 8.00. The van der Waals surface area contributed by atoms with Crippen molar-refractivity contribution in [2.45, 2.75) is 0 Å². The lowest BCUT2D eigenvalue weighted by Crippen LogP contribution is -2.12. The van der Waals surface area contributed by atoms with Crippen LogP contribution in [0.25, 0.3) is 0 Å². The van der Waals surface area contributed by atoms with E-state index < -0.39 is 5.97 Å². The van der Waals surface area contributed by atoms with E-state index in [9.17, 15) is 9.59 Å². The third-order valence-electron chi connectivity index (χ3n) is 1.95. The molecule has 0 saturated heterocycles. The van der Waals surface area contributed by atoms with Crippen molar-refractivity contribution < 1.29 is 14.7 Å². The highest BCUT2D eigenvalue weighted by molar-refractivity contribution is 7.18. The molecule has 6 heteroatoms. The maximum atomic E-state index is 11.7. The van der Waals surface area contributed by atoms with Crippen LogP contribution in [0.3, 0.4) is 0 Å². The molecule has 86 valence electrons. The maximum Gasteiger partial charge on any atom is 0.345 e. The zero-order valence-corrected chi connectivity index (χ0v) is 9.40. The average molecular weight is 248 g/mol. The minimum absolute atomic E-state index is 0.182. The number of aromatic carboxylic acids is 1. The minimum atomic E-state index is -1.01. The van der Waals surface area contributed by atoms with Crippen molar-refractivity contribution in [2.24, 2.45) is 0 Å². The number of anilines is 1. The molecule has 0 fully saturated rings. The summed E-state index contributed by atoms with van der Waals surface area (Å²) in [4.78, 5) is 26.4. The summed E-state index contributed by atoms with van der Waals surface area (Å²) >= 11 is 1.00. The third kappa shape index (κ3) is 2.67. The third-order valence-corrected chi connectivity index (χ3v) is 2.94. The van der Waals surface area contributed by atoms with Gasteiger partial charge in [0.25, 0.3) is 5.91 Å². The van der Waals surface area contributed by atoms with Gasteiger partial charge in [0.15, 0.2) is 0 Å². The number of pyridine rings is 1. The number of rotatable bonds is 3. The zero-order valence-electron chi connectivity index (χ0n) is 8.58. The number of aromatic nitrogens is 1. The lowest BCUT2D eigenvalue weighted by molar-refractivity contribution is 0.0702. The zero-order chi connectivity index (χ0) is 12.3. The molecule has 0 aromatic carbocycles. The first-order chi connectivity index (χ1) is 8.16. The number of hydrogen-bond donors (Lipinski definition) is 2. The van der Waals surface area contributed by atoms with E-state index in [1.165, 1.54) is 12.3 Å². The van der Waals surface area contributed by atoms with E-state index in [0.29, 0.717) is 5.00 Å². The molecular weight excluding hydrogens is 240 g/mol. The Morgan fingerprint density at radius 3 is 2.65 bits per heavy atom. The van der Waals surface area contributed by atoms with Crippen molar-refractivity contribution in [3.05, 3.63) is 47.1 Å². The lowest BCUT2D eigenvalue weighted by Gasteiger charge is -2.00. The number of nitrogens with zero attached hydrogens (tertiary/aromatic N) is 1. The molecule has 0 aliphatic rings. The molecule has 0 saturated carbocycles. The van der Waals surface area contributed by atoms with Crippen LogP contribution in [0.5, 0.6) is 0 Å². The molecule has 0 atom stereocenters. The van der Waals surface area contributed by atoms with E-state index in [1.807, 2.05) is 0 Å². The Balaban J connectivity index is 2.11. The van der Waals surface area contributed by atoms with Gasteiger partial charge in [-0.3, -0.25) is 9.78 Å². The van der Waals surface area contributed by atoms with Crippen LogP contribution >= 0.6 is 11.3 Å². The molecule has 0 bridgehead atoms. The van der Waals surface area contributed by atoms with Crippen molar-refractivity contribution >= 4 is 28.2 Å². The maximum absolute atomic E-state index is 11.7. The van der Waals surface area contributed by atoms with Crippen molar-refractivity contribution in [3.63, 3.8) is 0 Å². The van der Waals surface area contributed by atoms with Crippen molar-refractivity contribution in [3.8, 4) is 0 Å². The van der Waals surface area contributed by atoms with E-state index in [0.717, 1.165) is 11.3 Å². The van der Waals surface area contributed by atoms with Crippen LogP contribution in [-0.2, 0) is 0 Å². The van der Waals surface area contributed by atoms with E-state index in [1.54, 1.807) is 24.3 Å². The van der Waals surface area contributed by atoms with Crippen LogP contribution in [0.15, 0.2) is 36.5 Å². The minimum Gasteiger partial charge on any atom is -0.477 e. The second-order valence-corrected chi connectivity index (χ2v) is 4.22. The summed E-state index contributed by atoms with van der Waals surface area (Å²) < 4.78 is 0. The fraction of sp³-hybridized carbons (Fsp3) is 0. The first kappa shape index (κ1) is 11.3. The summed E-state index contributed by atoms with van der Waals surface area (Å²) in [5.41, 5.74) is 0.290. The van der Waals surface area contributed by atoms with E-state index in [-0.39, 0.29) is 16.5 Å². The molecule has 2 rings (SSSR count). The van der Waals surface area contributed by atoms with Gasteiger partial charge < -0.3 is 10.4 Å². The van der Waals surface area contributed by atoms with Crippen LogP contribution in [0.4, 0.5) is 5.00 Å². The molecule has 0 aliphatic carbocycles. The second-order valence-electron chi connectivity index (χ2n) is 3.14. The molecule has 0 spiro atoms. The lowest BCUT2D eigenvalue weighted by atomic mass is 10.3. The Hall–Kier alpha value is -2.21. The average Bonchev–Trinajstić information content (AvgIpc) is 2.79. The number of hydrogen-bond acceptors (Lipinski definition) is 4. The number of carboxylic acids is 1. The molecule has 1 amide bonds. The van der Waals surface area contributed by atoms with Gasteiger partial charge in [-0.25, -0.2) is 4.79 Å². The summed E-state index contributed by atoms with van der Waals surface area (Å²) in [6.07, 6.45) is 1.52. The fourth-order valence-corrected chi connectivity index (χ4v) is 1.93. The molecule has 17 heavy (non-hydrogen) atoms. The van der Waals surface area contributed by atoms with Crippen LogP contribution < -0.4 is 5.32 Å². The van der Waals surface area contributed by atoms with Gasteiger partial charge in [-0.1, -0.05) is 6.07 Å². The molecule has 2 N–H and O–H groups in total. The molecule has 0 radical (unpaired) electrons. The predicted molar refractivity (Wildman–Crippen MR) is 63.5 cm³/mol. The van der Waals surface area contributed by atoms with Gasteiger partial charge in [0.1, 0.15) is 10.6 Å². The molecule has 2 aromatic heterocycles. The van der Waals surface area contributed by atoms with Crippen molar-refractivity contribution in [1.82, 2.24) is 4.98 Å².